The Morgan fingerprint density at radius 1 is 1.14 bits per heavy atom. The van der Waals surface area contributed by atoms with E-state index in [-0.39, 0.29) is 0 Å². The first kappa shape index (κ1) is 18.4. The number of hydrogen-bond donors (Lipinski definition) is 2. The number of nitrogens with zero attached hydrogens (tertiary/aromatic N) is 1. The Morgan fingerprint density at radius 3 is 2.18 bits per heavy atom. The Bertz CT molecular complexity index is 475. The van der Waals surface area contributed by atoms with E-state index in [0.29, 0.717) is 12.8 Å². The highest BCUT2D eigenvalue weighted by atomic mass is 16.3. The smallest absolute Gasteiger partial charge is 0.271 e. The molecule has 4 heteroatoms. The molecule has 0 radical (unpaired) electrons. The lowest BCUT2D eigenvalue weighted by Gasteiger charge is -2.25. The number of benzene rings is 1. The third-order valence-electron chi connectivity index (χ3n) is 3.83. The summed E-state index contributed by atoms with van der Waals surface area (Å²) in [6.07, 6.45) is 4.52. The number of nitrogens with one attached hydrogen (secondary N) is 1. The Morgan fingerprint density at radius 2 is 1.68 bits per heavy atom. The van der Waals surface area contributed by atoms with E-state index in [2.05, 4.69) is 24.4 Å². The Labute approximate surface area is 133 Å². The molecule has 4 nitrogen and oxygen atoms in total. The van der Waals surface area contributed by atoms with Gasteiger partial charge in [-0.2, -0.15) is 5.10 Å². The van der Waals surface area contributed by atoms with Crippen molar-refractivity contribution in [2.75, 3.05) is 0 Å². The van der Waals surface area contributed by atoms with Gasteiger partial charge in [0.25, 0.3) is 5.91 Å². The van der Waals surface area contributed by atoms with Gasteiger partial charge in [0.05, 0.1) is 5.71 Å². The molecule has 0 aliphatic heterocycles. The summed E-state index contributed by atoms with van der Waals surface area (Å²) in [6.45, 7) is 5.94. The van der Waals surface area contributed by atoms with Crippen molar-refractivity contribution in [2.45, 2.75) is 64.9 Å². The fraction of sp³-hybridized carbons (Fsp3) is 0.556. The van der Waals surface area contributed by atoms with Crippen molar-refractivity contribution in [3.63, 3.8) is 0 Å². The zero-order valence-corrected chi connectivity index (χ0v) is 13.9. The van der Waals surface area contributed by atoms with E-state index in [1.807, 2.05) is 37.3 Å². The summed E-state index contributed by atoms with van der Waals surface area (Å²) in [5.41, 5.74) is 2.90. The van der Waals surface area contributed by atoms with Crippen LogP contribution in [-0.4, -0.2) is 22.3 Å². The highest BCUT2D eigenvalue weighted by molar-refractivity contribution is 5.99. The fourth-order valence-corrected chi connectivity index (χ4v) is 2.27. The molecule has 1 amide bonds. The van der Waals surface area contributed by atoms with Crippen LogP contribution in [0, 0.1) is 0 Å². The van der Waals surface area contributed by atoms with Gasteiger partial charge in [-0.05, 0) is 25.3 Å². The first-order valence-electron chi connectivity index (χ1n) is 8.16. The number of carbonyl (C=O) groups excluding carboxylic acids is 1. The average molecular weight is 304 g/mol. The van der Waals surface area contributed by atoms with E-state index in [1.165, 1.54) is 0 Å². The van der Waals surface area contributed by atoms with E-state index < -0.39 is 11.5 Å². The molecule has 0 aliphatic rings. The maximum atomic E-state index is 12.3. The van der Waals surface area contributed by atoms with Crippen molar-refractivity contribution in [3.8, 4) is 0 Å². The zero-order chi connectivity index (χ0) is 16.4. The van der Waals surface area contributed by atoms with Gasteiger partial charge in [-0.1, -0.05) is 69.9 Å². The molecule has 0 bridgehead atoms. The third-order valence-corrected chi connectivity index (χ3v) is 3.83. The molecule has 0 unspecified atom stereocenters. The summed E-state index contributed by atoms with van der Waals surface area (Å²) in [4.78, 5) is 12.3. The average Bonchev–Trinajstić information content (AvgIpc) is 2.56. The Kier molecular flexibility index (Phi) is 7.82. The van der Waals surface area contributed by atoms with Crippen molar-refractivity contribution < 1.29 is 9.90 Å². The molecule has 1 aromatic carbocycles. The molecule has 1 rings (SSSR count). The lowest BCUT2D eigenvalue weighted by atomic mass is 9.90. The maximum Gasteiger partial charge on any atom is 0.271 e. The largest absolute Gasteiger partial charge is 0.380 e. The molecular weight excluding hydrogens is 276 g/mol. The van der Waals surface area contributed by atoms with Crippen molar-refractivity contribution in [1.82, 2.24) is 5.43 Å². The van der Waals surface area contributed by atoms with Crippen LogP contribution in [0.1, 0.15) is 64.9 Å². The monoisotopic (exact) mass is 304 g/mol. The van der Waals surface area contributed by atoms with Gasteiger partial charge in [-0.25, -0.2) is 5.43 Å². The first-order valence-corrected chi connectivity index (χ1v) is 8.16. The second-order valence-corrected chi connectivity index (χ2v) is 5.74. The van der Waals surface area contributed by atoms with Crippen molar-refractivity contribution in [3.05, 3.63) is 35.9 Å². The number of hydrogen-bond acceptors (Lipinski definition) is 3. The molecule has 0 aromatic heterocycles. The summed E-state index contributed by atoms with van der Waals surface area (Å²) in [5, 5.41) is 14.8. The first-order chi connectivity index (χ1) is 10.5. The Balaban J connectivity index is 2.73. The highest BCUT2D eigenvalue weighted by Crippen LogP contribution is 2.22. The van der Waals surface area contributed by atoms with Gasteiger partial charge in [0.2, 0.25) is 0 Å². The minimum Gasteiger partial charge on any atom is -0.380 e. The number of rotatable bonds is 9. The van der Waals surface area contributed by atoms with Crippen molar-refractivity contribution >= 4 is 11.6 Å². The molecule has 122 valence electrons. The normalized spacial score (nSPS) is 12.3. The van der Waals surface area contributed by atoms with Gasteiger partial charge in [-0.15, -0.1) is 0 Å². The summed E-state index contributed by atoms with van der Waals surface area (Å²) in [5.74, 6) is -0.398. The Hall–Kier alpha value is -1.68. The highest BCUT2D eigenvalue weighted by Gasteiger charge is 2.34. The SMILES string of the molecule is CCCCC(O)(CCCC)C(=O)N/N=C(\C)c1ccccc1. The van der Waals surface area contributed by atoms with Gasteiger partial charge in [-0.3, -0.25) is 4.79 Å². The van der Waals surface area contributed by atoms with Crippen LogP contribution in [-0.2, 0) is 4.79 Å². The molecular formula is C18H28N2O2. The van der Waals surface area contributed by atoms with Crippen LogP contribution < -0.4 is 5.43 Å². The molecule has 0 aliphatic carbocycles. The lowest BCUT2D eigenvalue weighted by molar-refractivity contribution is -0.141. The lowest BCUT2D eigenvalue weighted by Crippen LogP contribution is -2.45. The van der Waals surface area contributed by atoms with Gasteiger partial charge in [0.1, 0.15) is 5.60 Å². The van der Waals surface area contributed by atoms with E-state index in [4.69, 9.17) is 0 Å². The molecule has 0 saturated carbocycles. The summed E-state index contributed by atoms with van der Waals surface area (Å²) in [6, 6.07) is 9.66. The van der Waals surface area contributed by atoms with E-state index in [1.54, 1.807) is 0 Å². The quantitative estimate of drug-likeness (QED) is 0.540. The van der Waals surface area contributed by atoms with Crippen LogP contribution in [0.2, 0.25) is 0 Å². The standard InChI is InChI=1S/C18H28N2O2/c1-4-6-13-18(22,14-7-5-2)17(21)20-19-15(3)16-11-9-8-10-12-16/h8-12,22H,4-7,13-14H2,1-3H3,(H,20,21)/b19-15+. The molecule has 0 saturated heterocycles. The van der Waals surface area contributed by atoms with Crippen LogP contribution in [0.25, 0.3) is 0 Å². The predicted molar refractivity (Wildman–Crippen MR) is 90.8 cm³/mol. The fourth-order valence-electron chi connectivity index (χ4n) is 2.27. The molecule has 2 N–H and O–H groups in total. The molecule has 0 heterocycles. The molecule has 1 aromatic rings. The number of aliphatic hydroxyl groups is 1. The summed E-state index contributed by atoms with van der Waals surface area (Å²) >= 11 is 0. The van der Waals surface area contributed by atoms with Crippen molar-refractivity contribution in [1.29, 1.82) is 0 Å². The van der Waals surface area contributed by atoms with E-state index in [0.717, 1.165) is 37.0 Å². The van der Waals surface area contributed by atoms with Crippen LogP contribution in [0.15, 0.2) is 35.4 Å². The van der Waals surface area contributed by atoms with Crippen molar-refractivity contribution in [2.24, 2.45) is 5.10 Å². The maximum absolute atomic E-state index is 12.3. The topological polar surface area (TPSA) is 61.7 Å². The van der Waals surface area contributed by atoms with E-state index >= 15 is 0 Å². The number of hydrazone groups is 1. The third kappa shape index (κ3) is 5.60. The summed E-state index contributed by atoms with van der Waals surface area (Å²) in [7, 11) is 0. The van der Waals surface area contributed by atoms with Gasteiger partial charge < -0.3 is 5.11 Å². The molecule has 0 fully saturated rings. The number of carbonyl (C=O) groups is 1. The minimum atomic E-state index is -1.31. The molecule has 22 heavy (non-hydrogen) atoms. The molecule has 0 spiro atoms. The molecule has 0 atom stereocenters. The van der Waals surface area contributed by atoms with Crippen LogP contribution in [0.3, 0.4) is 0 Å². The summed E-state index contributed by atoms with van der Waals surface area (Å²) < 4.78 is 0. The van der Waals surface area contributed by atoms with Crippen LogP contribution >= 0.6 is 0 Å². The predicted octanol–water partition coefficient (Wildman–Crippen LogP) is 3.64. The van der Waals surface area contributed by atoms with Gasteiger partial charge in [0, 0.05) is 0 Å². The number of amides is 1. The number of unbranched alkanes of at least 4 members (excludes halogenated alkanes) is 2. The second-order valence-electron chi connectivity index (χ2n) is 5.74. The van der Waals surface area contributed by atoms with Crippen LogP contribution in [0.4, 0.5) is 0 Å². The van der Waals surface area contributed by atoms with Crippen LogP contribution in [0.5, 0.6) is 0 Å². The minimum absolute atomic E-state index is 0.398. The van der Waals surface area contributed by atoms with Gasteiger partial charge >= 0.3 is 0 Å². The second kappa shape index (κ2) is 9.36. The van der Waals surface area contributed by atoms with Gasteiger partial charge in [0.15, 0.2) is 0 Å². The van der Waals surface area contributed by atoms with E-state index in [9.17, 15) is 9.90 Å². The zero-order valence-electron chi connectivity index (χ0n) is 13.9.